The first-order valence-corrected chi connectivity index (χ1v) is 3.67. The summed E-state index contributed by atoms with van der Waals surface area (Å²) in [6.45, 7) is 6.83. The Hall–Kier alpha value is -0.900. The summed E-state index contributed by atoms with van der Waals surface area (Å²) in [6, 6.07) is 0. The van der Waals surface area contributed by atoms with Crippen LogP contribution in [-0.4, -0.2) is 25.3 Å². The maximum atomic E-state index is 12.0. The molecule has 0 aliphatic heterocycles. The summed E-state index contributed by atoms with van der Waals surface area (Å²) in [5.74, 6) is -2.11. The molecule has 0 saturated heterocycles. The molecule has 0 heterocycles. The van der Waals surface area contributed by atoms with Gasteiger partial charge in [0, 0.05) is 0 Å². The monoisotopic (exact) mass is 176 g/mol. The Bertz CT molecular complexity index is 166. The Morgan fingerprint density at radius 3 is 2.50 bits per heavy atom. The van der Waals surface area contributed by atoms with Gasteiger partial charge in [0.2, 0.25) is 5.83 Å². The lowest BCUT2D eigenvalue weighted by molar-refractivity contribution is -0.142. The molecule has 0 amide bonds. The maximum absolute atomic E-state index is 12.0. The summed E-state index contributed by atoms with van der Waals surface area (Å²) < 4.78 is 21.4. The summed E-state index contributed by atoms with van der Waals surface area (Å²) in [4.78, 5) is 10.4. The quantitative estimate of drug-likeness (QED) is 0.361. The molecule has 0 saturated carbocycles. The van der Waals surface area contributed by atoms with Gasteiger partial charge in [0.15, 0.2) is 0 Å². The summed E-state index contributed by atoms with van der Waals surface area (Å²) in [6.07, 6.45) is 0.0808. The van der Waals surface area contributed by atoms with E-state index in [1.807, 2.05) is 13.8 Å². The van der Waals surface area contributed by atoms with Crippen molar-refractivity contribution in [2.24, 2.45) is 0 Å². The highest BCUT2D eigenvalue weighted by molar-refractivity contribution is 5.85. The molecule has 0 rings (SSSR count). The zero-order valence-electron chi connectivity index (χ0n) is 7.30. The number of hydrogen-bond acceptors (Lipinski definition) is 3. The number of hydrogen-bond donors (Lipinski definition) is 0. The minimum absolute atomic E-state index is 0.0555. The number of ether oxygens (including phenoxy) is 2. The zero-order valence-corrected chi connectivity index (χ0v) is 7.30. The van der Waals surface area contributed by atoms with Crippen LogP contribution >= 0.6 is 0 Å². The van der Waals surface area contributed by atoms with Crippen molar-refractivity contribution in [3.63, 3.8) is 0 Å². The molecule has 0 bridgehead atoms. The molecule has 0 aromatic rings. The van der Waals surface area contributed by atoms with Crippen LogP contribution in [-0.2, 0) is 14.3 Å². The van der Waals surface area contributed by atoms with E-state index >= 15 is 0 Å². The number of rotatable bonds is 5. The van der Waals surface area contributed by atoms with Crippen molar-refractivity contribution < 1.29 is 18.7 Å². The molecule has 12 heavy (non-hydrogen) atoms. The molecule has 70 valence electrons. The number of esters is 1. The average Bonchev–Trinajstić information content (AvgIpc) is 1.97. The van der Waals surface area contributed by atoms with Gasteiger partial charge in [-0.2, -0.15) is 4.39 Å². The minimum atomic E-state index is -1.08. The van der Waals surface area contributed by atoms with Gasteiger partial charge in [-0.25, -0.2) is 4.79 Å². The smallest absolute Gasteiger partial charge is 0.366 e. The zero-order chi connectivity index (χ0) is 9.56. The molecule has 0 aromatic heterocycles. The Labute approximate surface area is 71.2 Å². The predicted molar refractivity (Wildman–Crippen MR) is 42.3 cm³/mol. The van der Waals surface area contributed by atoms with Gasteiger partial charge in [0.25, 0.3) is 0 Å². The summed E-state index contributed by atoms with van der Waals surface area (Å²) >= 11 is 0. The lowest BCUT2D eigenvalue weighted by Gasteiger charge is -2.06. The number of carbonyl (C=O) groups is 1. The van der Waals surface area contributed by atoms with Gasteiger partial charge in [0.05, 0.1) is 12.7 Å². The van der Waals surface area contributed by atoms with Crippen LogP contribution in [0.1, 0.15) is 13.8 Å². The maximum Gasteiger partial charge on any atom is 0.366 e. The van der Waals surface area contributed by atoms with Gasteiger partial charge < -0.3 is 9.47 Å². The first-order chi connectivity index (χ1) is 5.54. The Kier molecular flexibility index (Phi) is 5.28. The van der Waals surface area contributed by atoms with Crippen LogP contribution in [0.3, 0.4) is 0 Å². The van der Waals surface area contributed by atoms with E-state index in [-0.39, 0.29) is 19.3 Å². The molecule has 4 heteroatoms. The second kappa shape index (κ2) is 5.71. The van der Waals surface area contributed by atoms with Gasteiger partial charge in [-0.1, -0.05) is 6.58 Å². The van der Waals surface area contributed by atoms with Crippen molar-refractivity contribution >= 4 is 5.97 Å². The van der Waals surface area contributed by atoms with Gasteiger partial charge in [-0.05, 0) is 13.8 Å². The first kappa shape index (κ1) is 11.1. The standard InChI is InChI=1S/C8H13FO3/c1-6(2)11-4-5-12-8(10)7(3)9/h6H,3-5H2,1-2H3. The summed E-state index contributed by atoms with van der Waals surface area (Å²) in [5.41, 5.74) is 0. The Balaban J connectivity index is 3.32. The molecule has 0 spiro atoms. The van der Waals surface area contributed by atoms with Crippen LogP contribution < -0.4 is 0 Å². The molecule has 3 nitrogen and oxygen atoms in total. The molecule has 0 aliphatic carbocycles. The van der Waals surface area contributed by atoms with Gasteiger partial charge >= 0.3 is 5.97 Å². The fraction of sp³-hybridized carbons (Fsp3) is 0.625. The Morgan fingerprint density at radius 1 is 1.50 bits per heavy atom. The summed E-state index contributed by atoms with van der Waals surface area (Å²) in [5, 5.41) is 0. The molecule has 0 fully saturated rings. The second-order valence-corrected chi connectivity index (χ2v) is 2.46. The van der Waals surface area contributed by atoms with Crippen molar-refractivity contribution in [1.29, 1.82) is 0 Å². The lowest BCUT2D eigenvalue weighted by atomic mass is 10.5. The molecule has 0 radical (unpaired) electrons. The van der Waals surface area contributed by atoms with E-state index in [0.717, 1.165) is 0 Å². The molecule has 0 atom stereocenters. The molecule has 0 unspecified atom stereocenters. The van der Waals surface area contributed by atoms with Crippen molar-refractivity contribution in [2.75, 3.05) is 13.2 Å². The Morgan fingerprint density at radius 2 is 2.08 bits per heavy atom. The average molecular weight is 176 g/mol. The SMILES string of the molecule is C=C(F)C(=O)OCCOC(C)C. The fourth-order valence-corrected chi connectivity index (χ4v) is 0.496. The molecular formula is C8H13FO3. The highest BCUT2D eigenvalue weighted by atomic mass is 19.1. The van der Waals surface area contributed by atoms with E-state index in [1.54, 1.807) is 0 Å². The van der Waals surface area contributed by atoms with E-state index in [1.165, 1.54) is 0 Å². The van der Waals surface area contributed by atoms with E-state index in [0.29, 0.717) is 0 Å². The largest absolute Gasteiger partial charge is 0.458 e. The molecule has 0 aromatic carbocycles. The molecule has 0 aliphatic rings. The van der Waals surface area contributed by atoms with Gasteiger partial charge in [-0.15, -0.1) is 0 Å². The molecular weight excluding hydrogens is 163 g/mol. The summed E-state index contributed by atoms with van der Waals surface area (Å²) in [7, 11) is 0. The van der Waals surface area contributed by atoms with Crippen LogP contribution in [0.5, 0.6) is 0 Å². The van der Waals surface area contributed by atoms with Gasteiger partial charge in [-0.3, -0.25) is 0 Å². The van der Waals surface area contributed by atoms with Crippen molar-refractivity contribution in [2.45, 2.75) is 20.0 Å². The van der Waals surface area contributed by atoms with Crippen molar-refractivity contribution in [3.8, 4) is 0 Å². The van der Waals surface area contributed by atoms with Crippen LogP contribution in [0.4, 0.5) is 4.39 Å². The highest BCUT2D eigenvalue weighted by Crippen LogP contribution is 1.95. The highest BCUT2D eigenvalue weighted by Gasteiger charge is 2.06. The normalized spacial score (nSPS) is 10.0. The van der Waals surface area contributed by atoms with Crippen LogP contribution in [0.2, 0.25) is 0 Å². The van der Waals surface area contributed by atoms with E-state index in [2.05, 4.69) is 11.3 Å². The topological polar surface area (TPSA) is 35.5 Å². The lowest BCUT2D eigenvalue weighted by Crippen LogP contribution is -2.13. The van der Waals surface area contributed by atoms with Crippen LogP contribution in [0.25, 0.3) is 0 Å². The van der Waals surface area contributed by atoms with E-state index in [4.69, 9.17) is 4.74 Å². The van der Waals surface area contributed by atoms with E-state index < -0.39 is 11.8 Å². The van der Waals surface area contributed by atoms with Crippen LogP contribution in [0, 0.1) is 0 Å². The third-order valence-electron chi connectivity index (χ3n) is 0.989. The second-order valence-electron chi connectivity index (χ2n) is 2.46. The van der Waals surface area contributed by atoms with Gasteiger partial charge in [0.1, 0.15) is 6.61 Å². The minimum Gasteiger partial charge on any atom is -0.458 e. The number of halogens is 1. The first-order valence-electron chi connectivity index (χ1n) is 3.67. The third-order valence-corrected chi connectivity index (χ3v) is 0.989. The third kappa shape index (κ3) is 5.85. The molecule has 0 N–H and O–H groups in total. The van der Waals surface area contributed by atoms with E-state index in [9.17, 15) is 9.18 Å². The fourth-order valence-electron chi connectivity index (χ4n) is 0.496. The van der Waals surface area contributed by atoms with Crippen molar-refractivity contribution in [1.82, 2.24) is 0 Å². The van der Waals surface area contributed by atoms with Crippen molar-refractivity contribution in [3.05, 3.63) is 12.4 Å². The predicted octanol–water partition coefficient (Wildman–Crippen LogP) is 1.44. The van der Waals surface area contributed by atoms with Crippen LogP contribution in [0.15, 0.2) is 12.4 Å². The number of carbonyl (C=O) groups excluding carboxylic acids is 1.